The number of methoxy groups -OCH3 is 2. The van der Waals surface area contributed by atoms with E-state index in [2.05, 4.69) is 4.74 Å². The van der Waals surface area contributed by atoms with Gasteiger partial charge in [-0.15, -0.1) is 13.2 Å². The monoisotopic (exact) mass is 441 g/mol. The number of carbonyl (C=O) groups excluding carboxylic acids is 1. The molecular weight excluding hydrogens is 423 g/mol. The third-order valence-corrected chi connectivity index (χ3v) is 5.04. The number of esters is 1. The van der Waals surface area contributed by atoms with Crippen molar-refractivity contribution in [2.45, 2.75) is 26.3 Å². The van der Waals surface area contributed by atoms with Crippen molar-refractivity contribution in [3.05, 3.63) is 58.2 Å². The van der Waals surface area contributed by atoms with Crippen molar-refractivity contribution in [3.8, 4) is 11.5 Å². The van der Waals surface area contributed by atoms with Crippen molar-refractivity contribution < 1.29 is 32.2 Å². The third kappa shape index (κ3) is 4.64. The van der Waals surface area contributed by atoms with Crippen LogP contribution in [0.3, 0.4) is 0 Å². The topological polar surface area (TPSA) is 49.7 Å². The zero-order valence-corrected chi connectivity index (χ0v) is 17.2. The number of nitrogens with zero attached hydrogens (tertiary/aromatic N) is 1. The Kier molecular flexibility index (Phi) is 6.17. The van der Waals surface area contributed by atoms with Crippen molar-refractivity contribution in [2.75, 3.05) is 14.2 Å². The van der Waals surface area contributed by atoms with E-state index in [1.807, 2.05) is 11.5 Å². The molecule has 1 heterocycles. The molecule has 5 nitrogen and oxygen atoms in total. The summed E-state index contributed by atoms with van der Waals surface area (Å²) in [6.07, 6.45) is -4.74. The van der Waals surface area contributed by atoms with Crippen LogP contribution < -0.4 is 9.47 Å². The first-order valence-corrected chi connectivity index (χ1v) is 9.27. The minimum atomic E-state index is -4.77. The summed E-state index contributed by atoms with van der Waals surface area (Å²) in [5.74, 6) is -0.261. The molecule has 9 heteroatoms. The number of halogens is 4. The first-order valence-electron chi connectivity index (χ1n) is 8.89. The molecule has 0 bridgehead atoms. The standard InChI is InChI=1S/C21H19ClF3NO4/c1-12-15(9-20(27)29-3)16-8-19(28-2)17(22)10-18(16)26(12)11-13-5-4-6-14(7-13)30-21(23,24)25/h4-8,10H,9,11H2,1-3H3. The van der Waals surface area contributed by atoms with E-state index in [4.69, 9.17) is 21.1 Å². The molecule has 0 unspecified atom stereocenters. The maximum absolute atomic E-state index is 12.5. The summed E-state index contributed by atoms with van der Waals surface area (Å²) in [5.41, 5.74) is 2.81. The lowest BCUT2D eigenvalue weighted by Crippen LogP contribution is -2.17. The molecule has 1 aromatic heterocycles. The van der Waals surface area contributed by atoms with Crippen LogP contribution >= 0.6 is 11.6 Å². The Labute approximate surface area is 175 Å². The predicted molar refractivity (Wildman–Crippen MR) is 106 cm³/mol. The largest absolute Gasteiger partial charge is 0.573 e. The second kappa shape index (κ2) is 8.47. The number of carbonyl (C=O) groups is 1. The minimum Gasteiger partial charge on any atom is -0.495 e. The van der Waals surface area contributed by atoms with E-state index in [9.17, 15) is 18.0 Å². The van der Waals surface area contributed by atoms with Crippen LogP contribution in [-0.2, 0) is 22.5 Å². The van der Waals surface area contributed by atoms with Gasteiger partial charge in [0.25, 0.3) is 0 Å². The summed E-state index contributed by atoms with van der Waals surface area (Å²) < 4.78 is 53.6. The van der Waals surface area contributed by atoms with Crippen molar-refractivity contribution in [2.24, 2.45) is 0 Å². The van der Waals surface area contributed by atoms with Gasteiger partial charge in [-0.3, -0.25) is 4.79 Å². The summed E-state index contributed by atoms with van der Waals surface area (Å²) in [4.78, 5) is 11.9. The Bertz CT molecular complexity index is 1090. The SMILES string of the molecule is COC(=O)Cc1c(C)n(Cc2cccc(OC(F)(F)F)c2)c2cc(Cl)c(OC)cc12. The summed E-state index contributed by atoms with van der Waals surface area (Å²) in [6.45, 7) is 2.08. The van der Waals surface area contributed by atoms with Crippen LogP contribution in [0.2, 0.25) is 5.02 Å². The Hall–Kier alpha value is -2.87. The molecule has 0 radical (unpaired) electrons. The van der Waals surface area contributed by atoms with Gasteiger partial charge in [-0.25, -0.2) is 0 Å². The Morgan fingerprint density at radius 2 is 1.90 bits per heavy atom. The van der Waals surface area contributed by atoms with Gasteiger partial charge in [0.2, 0.25) is 0 Å². The highest BCUT2D eigenvalue weighted by Gasteiger charge is 2.31. The Balaban J connectivity index is 2.09. The van der Waals surface area contributed by atoms with Crippen LogP contribution in [0.25, 0.3) is 10.9 Å². The van der Waals surface area contributed by atoms with Gasteiger partial charge in [-0.2, -0.15) is 0 Å². The molecule has 0 N–H and O–H groups in total. The number of benzene rings is 2. The number of alkyl halides is 3. The maximum Gasteiger partial charge on any atom is 0.573 e. The number of hydrogen-bond donors (Lipinski definition) is 0. The van der Waals surface area contributed by atoms with E-state index in [-0.39, 0.29) is 18.7 Å². The van der Waals surface area contributed by atoms with Crippen LogP contribution in [0, 0.1) is 6.92 Å². The number of ether oxygens (including phenoxy) is 3. The van der Waals surface area contributed by atoms with Gasteiger partial charge in [-0.05, 0) is 42.3 Å². The van der Waals surface area contributed by atoms with Gasteiger partial charge in [-0.1, -0.05) is 23.7 Å². The quantitative estimate of drug-likeness (QED) is 0.489. The van der Waals surface area contributed by atoms with Crippen molar-refractivity contribution >= 4 is 28.5 Å². The smallest absolute Gasteiger partial charge is 0.495 e. The molecule has 0 aliphatic carbocycles. The zero-order chi connectivity index (χ0) is 22.1. The Morgan fingerprint density at radius 1 is 1.17 bits per heavy atom. The molecule has 160 valence electrons. The third-order valence-electron chi connectivity index (χ3n) is 4.75. The highest BCUT2D eigenvalue weighted by atomic mass is 35.5. The lowest BCUT2D eigenvalue weighted by atomic mass is 10.1. The van der Waals surface area contributed by atoms with E-state index in [0.717, 1.165) is 22.2 Å². The van der Waals surface area contributed by atoms with Gasteiger partial charge in [0.1, 0.15) is 11.5 Å². The van der Waals surface area contributed by atoms with Crippen LogP contribution in [0.1, 0.15) is 16.8 Å². The van der Waals surface area contributed by atoms with Crippen molar-refractivity contribution in [1.29, 1.82) is 0 Å². The highest BCUT2D eigenvalue weighted by molar-refractivity contribution is 6.32. The molecule has 3 aromatic rings. The van der Waals surface area contributed by atoms with Gasteiger partial charge >= 0.3 is 12.3 Å². The van der Waals surface area contributed by atoms with E-state index >= 15 is 0 Å². The summed E-state index contributed by atoms with van der Waals surface area (Å²) in [7, 11) is 2.80. The van der Waals surface area contributed by atoms with E-state index in [1.54, 1.807) is 18.2 Å². The number of aromatic nitrogens is 1. The van der Waals surface area contributed by atoms with Crippen LogP contribution in [0.4, 0.5) is 13.2 Å². The predicted octanol–water partition coefficient (Wildman–Crippen LogP) is 5.27. The fraction of sp³-hybridized carbons (Fsp3) is 0.286. The molecule has 0 amide bonds. The Morgan fingerprint density at radius 3 is 2.53 bits per heavy atom. The number of rotatable bonds is 6. The van der Waals surface area contributed by atoms with Crippen molar-refractivity contribution in [1.82, 2.24) is 4.57 Å². The summed E-state index contributed by atoms with van der Waals surface area (Å²) in [6, 6.07) is 9.19. The summed E-state index contributed by atoms with van der Waals surface area (Å²) >= 11 is 6.30. The van der Waals surface area contributed by atoms with Gasteiger partial charge in [0.05, 0.1) is 31.2 Å². The average Bonchev–Trinajstić information content (AvgIpc) is 2.91. The normalized spacial score (nSPS) is 11.6. The molecule has 0 fully saturated rings. The zero-order valence-electron chi connectivity index (χ0n) is 16.5. The molecular formula is C21H19ClF3NO4. The minimum absolute atomic E-state index is 0.0356. The van der Waals surface area contributed by atoms with Crippen molar-refractivity contribution in [3.63, 3.8) is 0 Å². The molecule has 0 saturated heterocycles. The van der Waals surface area contributed by atoms with Gasteiger partial charge in [0.15, 0.2) is 0 Å². The van der Waals surface area contributed by atoms with Crippen LogP contribution in [0.5, 0.6) is 11.5 Å². The lowest BCUT2D eigenvalue weighted by molar-refractivity contribution is -0.274. The summed E-state index contributed by atoms with van der Waals surface area (Å²) in [5, 5.41) is 1.13. The molecule has 0 atom stereocenters. The maximum atomic E-state index is 12.5. The fourth-order valence-corrected chi connectivity index (χ4v) is 3.60. The molecule has 0 saturated carbocycles. The number of fused-ring (bicyclic) bond motifs is 1. The number of hydrogen-bond acceptors (Lipinski definition) is 4. The van der Waals surface area contributed by atoms with E-state index in [0.29, 0.717) is 16.3 Å². The fourth-order valence-electron chi connectivity index (χ4n) is 3.37. The van der Waals surface area contributed by atoms with E-state index in [1.165, 1.54) is 32.4 Å². The van der Waals surface area contributed by atoms with E-state index < -0.39 is 12.3 Å². The first kappa shape index (κ1) is 21.8. The average molecular weight is 442 g/mol. The lowest BCUT2D eigenvalue weighted by Gasteiger charge is -2.13. The molecule has 30 heavy (non-hydrogen) atoms. The molecule has 2 aromatic carbocycles. The second-order valence-corrected chi connectivity index (χ2v) is 7.01. The molecule has 0 spiro atoms. The van der Waals surface area contributed by atoms with Crippen LogP contribution in [-0.4, -0.2) is 31.1 Å². The van der Waals surface area contributed by atoms with Gasteiger partial charge < -0.3 is 18.8 Å². The highest BCUT2D eigenvalue weighted by Crippen LogP contribution is 2.36. The van der Waals surface area contributed by atoms with Gasteiger partial charge in [0, 0.05) is 17.6 Å². The molecule has 0 aliphatic rings. The second-order valence-electron chi connectivity index (χ2n) is 6.60. The molecule has 3 rings (SSSR count). The molecule has 0 aliphatic heterocycles. The van der Waals surface area contributed by atoms with Crippen LogP contribution in [0.15, 0.2) is 36.4 Å². The first-order chi connectivity index (χ1) is 14.1.